The van der Waals surface area contributed by atoms with Gasteiger partial charge >= 0.3 is 6.18 Å². The van der Waals surface area contributed by atoms with Crippen molar-refractivity contribution in [3.63, 3.8) is 0 Å². The van der Waals surface area contributed by atoms with Crippen LogP contribution in [-0.2, 0) is 19.8 Å². The summed E-state index contributed by atoms with van der Waals surface area (Å²) in [7, 11) is 2.01. The molecule has 0 N–H and O–H groups in total. The Morgan fingerprint density at radius 2 is 2.00 bits per heavy atom. The van der Waals surface area contributed by atoms with Crippen molar-refractivity contribution in [3.8, 4) is 0 Å². The molecule has 0 unspecified atom stereocenters. The van der Waals surface area contributed by atoms with Crippen LogP contribution in [0.2, 0.25) is 0 Å². The molecule has 0 aromatic carbocycles. The highest BCUT2D eigenvalue weighted by Crippen LogP contribution is 2.34. The second-order valence-corrected chi connectivity index (χ2v) is 6.57. The van der Waals surface area contributed by atoms with Crippen LogP contribution in [0.5, 0.6) is 0 Å². The third kappa shape index (κ3) is 3.84. The SMILES string of the molecule is Cn1cccc1CN1CCCN(c2nnc(C(F)(F)F)s2)CC1. The van der Waals surface area contributed by atoms with Gasteiger partial charge in [-0.15, -0.1) is 10.2 Å². The minimum absolute atomic E-state index is 0.359. The Morgan fingerprint density at radius 1 is 1.17 bits per heavy atom. The maximum absolute atomic E-state index is 12.6. The van der Waals surface area contributed by atoms with E-state index in [1.54, 1.807) is 0 Å². The molecule has 0 spiro atoms. The first-order valence-corrected chi connectivity index (χ1v) is 8.23. The molecule has 5 nitrogen and oxygen atoms in total. The standard InChI is InChI=1S/C14H18F3N5S/c1-20-5-2-4-11(20)10-21-6-3-7-22(9-8-21)13-19-18-12(23-13)14(15,16)17/h2,4-5H,3,6-10H2,1H3. The van der Waals surface area contributed by atoms with E-state index >= 15 is 0 Å². The lowest BCUT2D eigenvalue weighted by Gasteiger charge is -2.21. The normalized spacial score (nSPS) is 17.5. The summed E-state index contributed by atoms with van der Waals surface area (Å²) in [6, 6.07) is 4.10. The molecule has 0 saturated carbocycles. The second kappa shape index (κ2) is 6.48. The van der Waals surface area contributed by atoms with E-state index in [0.717, 1.165) is 26.1 Å². The van der Waals surface area contributed by atoms with Crippen molar-refractivity contribution < 1.29 is 13.2 Å². The molecule has 3 rings (SSSR count). The van der Waals surface area contributed by atoms with E-state index in [0.29, 0.717) is 29.6 Å². The van der Waals surface area contributed by atoms with Crippen LogP contribution in [0.4, 0.5) is 18.3 Å². The topological polar surface area (TPSA) is 37.2 Å². The van der Waals surface area contributed by atoms with Crippen LogP contribution in [0, 0.1) is 0 Å². The number of aryl methyl sites for hydroxylation is 1. The number of hydrogen-bond donors (Lipinski definition) is 0. The zero-order valence-corrected chi connectivity index (χ0v) is 13.6. The second-order valence-electron chi connectivity index (χ2n) is 5.61. The summed E-state index contributed by atoms with van der Waals surface area (Å²) in [5.41, 5.74) is 1.23. The lowest BCUT2D eigenvalue weighted by molar-refractivity contribution is -0.138. The zero-order valence-electron chi connectivity index (χ0n) is 12.8. The Balaban J connectivity index is 1.62. The number of rotatable bonds is 3. The smallest absolute Gasteiger partial charge is 0.353 e. The first-order valence-electron chi connectivity index (χ1n) is 7.42. The largest absolute Gasteiger partial charge is 0.445 e. The average molecular weight is 345 g/mol. The van der Waals surface area contributed by atoms with E-state index < -0.39 is 11.2 Å². The summed E-state index contributed by atoms with van der Waals surface area (Å²) in [4.78, 5) is 4.22. The predicted molar refractivity (Wildman–Crippen MR) is 82.4 cm³/mol. The molecule has 0 amide bonds. The Bertz CT molecular complexity index is 651. The molecule has 2 aromatic heterocycles. The van der Waals surface area contributed by atoms with Gasteiger partial charge in [0.25, 0.3) is 0 Å². The van der Waals surface area contributed by atoms with Gasteiger partial charge in [-0.1, -0.05) is 11.3 Å². The van der Waals surface area contributed by atoms with Gasteiger partial charge in [0.15, 0.2) is 0 Å². The van der Waals surface area contributed by atoms with Crippen molar-refractivity contribution in [3.05, 3.63) is 29.0 Å². The van der Waals surface area contributed by atoms with Gasteiger partial charge in [-0.25, -0.2) is 0 Å². The van der Waals surface area contributed by atoms with Crippen LogP contribution in [0.1, 0.15) is 17.1 Å². The van der Waals surface area contributed by atoms with Gasteiger partial charge in [0.2, 0.25) is 10.1 Å². The van der Waals surface area contributed by atoms with Crippen molar-refractivity contribution in [1.29, 1.82) is 0 Å². The summed E-state index contributed by atoms with van der Waals surface area (Å²) in [5, 5.41) is 6.47. The zero-order chi connectivity index (χ0) is 16.4. The van der Waals surface area contributed by atoms with Crippen molar-refractivity contribution in [2.75, 3.05) is 31.1 Å². The number of halogens is 3. The fourth-order valence-corrected chi connectivity index (χ4v) is 3.43. The molecular formula is C14H18F3N5S. The number of aromatic nitrogens is 3. The van der Waals surface area contributed by atoms with Gasteiger partial charge in [-0.3, -0.25) is 4.90 Å². The molecule has 1 aliphatic rings. The molecule has 0 radical (unpaired) electrons. The lowest BCUT2D eigenvalue weighted by atomic mass is 10.3. The quantitative estimate of drug-likeness (QED) is 0.857. The third-order valence-corrected chi connectivity index (χ3v) is 4.98. The van der Waals surface area contributed by atoms with Crippen LogP contribution in [0.15, 0.2) is 18.3 Å². The number of hydrogen-bond acceptors (Lipinski definition) is 5. The van der Waals surface area contributed by atoms with E-state index in [2.05, 4.69) is 25.7 Å². The highest BCUT2D eigenvalue weighted by Gasteiger charge is 2.36. The van der Waals surface area contributed by atoms with Crippen LogP contribution in [0.25, 0.3) is 0 Å². The van der Waals surface area contributed by atoms with Gasteiger partial charge in [-0.2, -0.15) is 13.2 Å². The maximum atomic E-state index is 12.6. The summed E-state index contributed by atoms with van der Waals surface area (Å²) in [5.74, 6) is 0. The molecule has 3 heterocycles. The van der Waals surface area contributed by atoms with Crippen molar-refractivity contribution in [2.24, 2.45) is 7.05 Å². The van der Waals surface area contributed by atoms with Gasteiger partial charge < -0.3 is 9.47 Å². The summed E-state index contributed by atoms with van der Waals surface area (Å²) in [6.07, 6.45) is -1.51. The van der Waals surface area contributed by atoms with Gasteiger partial charge in [-0.05, 0) is 18.6 Å². The molecule has 2 aromatic rings. The first kappa shape index (κ1) is 16.3. The van der Waals surface area contributed by atoms with Gasteiger partial charge in [0.05, 0.1) is 0 Å². The minimum atomic E-state index is -4.42. The Hall–Kier alpha value is -1.61. The first-order chi connectivity index (χ1) is 10.9. The predicted octanol–water partition coefficient (Wildman–Crippen LogP) is 2.61. The fourth-order valence-electron chi connectivity index (χ4n) is 2.67. The van der Waals surface area contributed by atoms with Gasteiger partial charge in [0.1, 0.15) is 0 Å². The molecule has 0 atom stereocenters. The highest BCUT2D eigenvalue weighted by atomic mass is 32.1. The molecule has 126 valence electrons. The van der Waals surface area contributed by atoms with E-state index in [1.165, 1.54) is 5.69 Å². The maximum Gasteiger partial charge on any atom is 0.445 e. The minimum Gasteiger partial charge on any atom is -0.353 e. The summed E-state index contributed by atoms with van der Waals surface area (Å²) >= 11 is 0.621. The Labute approximate surface area is 136 Å². The van der Waals surface area contributed by atoms with E-state index in [-0.39, 0.29) is 0 Å². The molecule has 1 fully saturated rings. The molecular weight excluding hydrogens is 327 g/mol. The van der Waals surface area contributed by atoms with Crippen LogP contribution >= 0.6 is 11.3 Å². The highest BCUT2D eigenvalue weighted by molar-refractivity contribution is 7.15. The molecule has 0 aliphatic carbocycles. The number of alkyl halides is 3. The lowest BCUT2D eigenvalue weighted by Crippen LogP contribution is -2.30. The van der Waals surface area contributed by atoms with E-state index in [9.17, 15) is 13.2 Å². The fraction of sp³-hybridized carbons (Fsp3) is 0.571. The van der Waals surface area contributed by atoms with Crippen LogP contribution < -0.4 is 4.90 Å². The van der Waals surface area contributed by atoms with Crippen molar-refractivity contribution in [1.82, 2.24) is 19.7 Å². The summed E-state index contributed by atoms with van der Waals surface area (Å²) in [6.45, 7) is 3.94. The van der Waals surface area contributed by atoms with Gasteiger partial charge in [0, 0.05) is 51.7 Å². The van der Waals surface area contributed by atoms with Crippen molar-refractivity contribution >= 4 is 16.5 Å². The Morgan fingerprint density at radius 3 is 2.65 bits per heavy atom. The monoisotopic (exact) mass is 345 g/mol. The van der Waals surface area contributed by atoms with E-state index in [1.807, 2.05) is 24.2 Å². The molecule has 1 aliphatic heterocycles. The molecule has 0 bridgehead atoms. The molecule has 9 heteroatoms. The Kier molecular flexibility index (Phi) is 4.58. The average Bonchev–Trinajstić information content (AvgIpc) is 3.06. The summed E-state index contributed by atoms with van der Waals surface area (Å²) < 4.78 is 40.0. The molecule has 1 saturated heterocycles. The number of nitrogens with zero attached hydrogens (tertiary/aromatic N) is 5. The van der Waals surface area contributed by atoms with Crippen LogP contribution in [0.3, 0.4) is 0 Å². The molecule has 23 heavy (non-hydrogen) atoms. The number of anilines is 1. The van der Waals surface area contributed by atoms with Crippen LogP contribution in [-0.4, -0.2) is 45.8 Å². The van der Waals surface area contributed by atoms with Crippen molar-refractivity contribution in [2.45, 2.75) is 19.1 Å². The van der Waals surface area contributed by atoms with E-state index in [4.69, 9.17) is 0 Å². The third-order valence-electron chi connectivity index (χ3n) is 3.95.